The van der Waals surface area contributed by atoms with Gasteiger partial charge in [-0.1, -0.05) is 27.2 Å². The number of rotatable bonds is 4. The maximum Gasteiger partial charge on any atom is 0.00950 e. The molecule has 0 spiro atoms. The Morgan fingerprint density at radius 2 is 1.69 bits per heavy atom. The Morgan fingerprint density at radius 3 is 2.15 bits per heavy atom. The van der Waals surface area contributed by atoms with E-state index in [0.717, 1.165) is 12.0 Å². The first-order valence-corrected chi connectivity index (χ1v) is 5.98. The van der Waals surface area contributed by atoms with Crippen LogP contribution < -0.4 is 0 Å². The summed E-state index contributed by atoms with van der Waals surface area (Å²) in [7, 11) is 0. The highest BCUT2D eigenvalue weighted by molar-refractivity contribution is 4.74. The van der Waals surface area contributed by atoms with Crippen molar-refractivity contribution in [2.45, 2.75) is 58.9 Å². The average molecular weight is 183 g/mol. The smallest absolute Gasteiger partial charge is 0.00950 e. The zero-order chi connectivity index (χ0) is 9.68. The minimum Gasteiger partial charge on any atom is -0.300 e. The molecule has 1 nitrogen and oxygen atoms in total. The predicted molar refractivity (Wildman–Crippen MR) is 59.0 cm³/mol. The molecule has 1 unspecified atom stereocenters. The summed E-state index contributed by atoms with van der Waals surface area (Å²) in [5.41, 5.74) is 0. The summed E-state index contributed by atoms with van der Waals surface area (Å²) in [5.74, 6) is 0.854. The third-order valence-electron chi connectivity index (χ3n) is 3.12. The molecular formula is C12H25N. The number of hydrogen-bond acceptors (Lipinski definition) is 1. The van der Waals surface area contributed by atoms with E-state index in [0.29, 0.717) is 0 Å². The summed E-state index contributed by atoms with van der Waals surface area (Å²) >= 11 is 0. The SMILES string of the molecule is CCC(CC(C)C)N1CCCCC1. The van der Waals surface area contributed by atoms with E-state index in [1.807, 2.05) is 0 Å². The van der Waals surface area contributed by atoms with Gasteiger partial charge >= 0.3 is 0 Å². The molecule has 1 aliphatic rings. The van der Waals surface area contributed by atoms with Crippen molar-refractivity contribution < 1.29 is 0 Å². The molecule has 1 fully saturated rings. The topological polar surface area (TPSA) is 3.24 Å². The van der Waals surface area contributed by atoms with E-state index < -0.39 is 0 Å². The van der Waals surface area contributed by atoms with Crippen molar-refractivity contribution in [1.82, 2.24) is 4.90 Å². The lowest BCUT2D eigenvalue weighted by Crippen LogP contribution is -2.39. The normalized spacial score (nSPS) is 22.2. The molecule has 0 aromatic carbocycles. The molecule has 0 N–H and O–H groups in total. The Morgan fingerprint density at radius 1 is 1.08 bits per heavy atom. The summed E-state index contributed by atoms with van der Waals surface area (Å²) < 4.78 is 0. The fourth-order valence-corrected chi connectivity index (χ4v) is 2.40. The Labute approximate surface area is 83.5 Å². The van der Waals surface area contributed by atoms with Gasteiger partial charge in [0.1, 0.15) is 0 Å². The highest BCUT2D eigenvalue weighted by Gasteiger charge is 2.19. The Balaban J connectivity index is 2.34. The van der Waals surface area contributed by atoms with E-state index in [1.165, 1.54) is 45.2 Å². The van der Waals surface area contributed by atoms with Crippen LogP contribution in [0.3, 0.4) is 0 Å². The van der Waals surface area contributed by atoms with Crippen LogP contribution in [0.1, 0.15) is 52.9 Å². The van der Waals surface area contributed by atoms with Gasteiger partial charge in [-0.2, -0.15) is 0 Å². The second-order valence-corrected chi connectivity index (χ2v) is 4.79. The lowest BCUT2D eigenvalue weighted by atomic mass is 9.98. The van der Waals surface area contributed by atoms with Crippen molar-refractivity contribution >= 4 is 0 Å². The summed E-state index contributed by atoms with van der Waals surface area (Å²) in [6, 6.07) is 0.861. The Kier molecular flexibility index (Phi) is 4.79. The van der Waals surface area contributed by atoms with Gasteiger partial charge in [-0.25, -0.2) is 0 Å². The zero-order valence-electron chi connectivity index (χ0n) is 9.55. The van der Waals surface area contributed by atoms with Gasteiger partial charge in [-0.3, -0.25) is 0 Å². The summed E-state index contributed by atoms with van der Waals surface area (Å²) in [5, 5.41) is 0. The third kappa shape index (κ3) is 3.68. The lowest BCUT2D eigenvalue weighted by molar-refractivity contribution is 0.141. The van der Waals surface area contributed by atoms with Crippen molar-refractivity contribution in [2.75, 3.05) is 13.1 Å². The summed E-state index contributed by atoms with van der Waals surface area (Å²) in [4.78, 5) is 2.71. The van der Waals surface area contributed by atoms with Crippen molar-refractivity contribution in [3.63, 3.8) is 0 Å². The molecule has 1 heteroatoms. The van der Waals surface area contributed by atoms with Gasteiger partial charge in [0, 0.05) is 6.04 Å². The van der Waals surface area contributed by atoms with Gasteiger partial charge in [0.15, 0.2) is 0 Å². The molecule has 13 heavy (non-hydrogen) atoms. The first-order chi connectivity index (χ1) is 6.24. The van der Waals surface area contributed by atoms with Crippen LogP contribution in [0.25, 0.3) is 0 Å². The molecule has 78 valence electrons. The van der Waals surface area contributed by atoms with Gasteiger partial charge < -0.3 is 4.90 Å². The molecule has 1 rings (SSSR count). The van der Waals surface area contributed by atoms with E-state index >= 15 is 0 Å². The molecule has 0 radical (unpaired) electrons. The van der Waals surface area contributed by atoms with Gasteiger partial charge in [-0.05, 0) is 44.7 Å². The van der Waals surface area contributed by atoms with Crippen LogP contribution in [0.2, 0.25) is 0 Å². The Hall–Kier alpha value is -0.0400. The average Bonchev–Trinajstić information content (AvgIpc) is 2.15. The molecule has 1 saturated heterocycles. The van der Waals surface area contributed by atoms with E-state index in [9.17, 15) is 0 Å². The first-order valence-electron chi connectivity index (χ1n) is 5.98. The molecule has 1 aliphatic heterocycles. The van der Waals surface area contributed by atoms with Crippen LogP contribution in [0.4, 0.5) is 0 Å². The predicted octanol–water partition coefficient (Wildman–Crippen LogP) is 3.30. The van der Waals surface area contributed by atoms with Crippen LogP contribution in [0.5, 0.6) is 0 Å². The number of piperidine rings is 1. The minimum atomic E-state index is 0.854. The molecule has 1 heterocycles. The molecule has 0 saturated carbocycles. The largest absolute Gasteiger partial charge is 0.300 e. The Bertz CT molecular complexity index is 125. The van der Waals surface area contributed by atoms with E-state index in [4.69, 9.17) is 0 Å². The maximum absolute atomic E-state index is 2.71. The van der Waals surface area contributed by atoms with Crippen LogP contribution in [-0.2, 0) is 0 Å². The van der Waals surface area contributed by atoms with Crippen molar-refractivity contribution in [1.29, 1.82) is 0 Å². The van der Waals surface area contributed by atoms with E-state index in [2.05, 4.69) is 25.7 Å². The van der Waals surface area contributed by atoms with Crippen LogP contribution in [-0.4, -0.2) is 24.0 Å². The highest BCUT2D eigenvalue weighted by Crippen LogP contribution is 2.19. The molecule has 1 atom stereocenters. The highest BCUT2D eigenvalue weighted by atomic mass is 15.2. The van der Waals surface area contributed by atoms with Crippen molar-refractivity contribution in [3.8, 4) is 0 Å². The monoisotopic (exact) mass is 183 g/mol. The van der Waals surface area contributed by atoms with Gasteiger partial charge in [-0.15, -0.1) is 0 Å². The number of likely N-dealkylation sites (tertiary alicyclic amines) is 1. The quantitative estimate of drug-likeness (QED) is 0.646. The second-order valence-electron chi connectivity index (χ2n) is 4.79. The van der Waals surface area contributed by atoms with Gasteiger partial charge in [0.2, 0.25) is 0 Å². The maximum atomic E-state index is 2.71. The van der Waals surface area contributed by atoms with Crippen molar-refractivity contribution in [3.05, 3.63) is 0 Å². The fourth-order valence-electron chi connectivity index (χ4n) is 2.40. The standard InChI is InChI=1S/C12H25N/c1-4-12(10-11(2)3)13-8-6-5-7-9-13/h11-12H,4-10H2,1-3H3. The number of hydrogen-bond donors (Lipinski definition) is 0. The lowest BCUT2D eigenvalue weighted by Gasteiger charge is -2.35. The molecule has 0 amide bonds. The van der Waals surface area contributed by atoms with Crippen molar-refractivity contribution in [2.24, 2.45) is 5.92 Å². The molecule has 0 aromatic rings. The van der Waals surface area contributed by atoms with Crippen LogP contribution in [0.15, 0.2) is 0 Å². The molecule has 0 bridgehead atoms. The second kappa shape index (κ2) is 5.64. The summed E-state index contributed by atoms with van der Waals surface area (Å²) in [6.45, 7) is 9.72. The molecule has 0 aliphatic carbocycles. The molecule has 0 aromatic heterocycles. The van der Waals surface area contributed by atoms with E-state index in [-0.39, 0.29) is 0 Å². The fraction of sp³-hybridized carbons (Fsp3) is 1.00. The first kappa shape index (κ1) is 11.0. The zero-order valence-corrected chi connectivity index (χ0v) is 9.55. The number of nitrogens with zero attached hydrogens (tertiary/aromatic N) is 1. The van der Waals surface area contributed by atoms with Crippen LogP contribution in [0, 0.1) is 5.92 Å². The minimum absolute atomic E-state index is 0.854. The van der Waals surface area contributed by atoms with Gasteiger partial charge in [0.25, 0.3) is 0 Å². The van der Waals surface area contributed by atoms with Gasteiger partial charge in [0.05, 0.1) is 0 Å². The molecular weight excluding hydrogens is 158 g/mol. The van der Waals surface area contributed by atoms with E-state index in [1.54, 1.807) is 0 Å². The summed E-state index contributed by atoms with van der Waals surface area (Å²) in [6.07, 6.45) is 7.02. The third-order valence-corrected chi connectivity index (χ3v) is 3.12. The van der Waals surface area contributed by atoms with Crippen LogP contribution >= 0.6 is 0 Å².